The summed E-state index contributed by atoms with van der Waals surface area (Å²) in [6.07, 6.45) is 3.37. The van der Waals surface area contributed by atoms with Gasteiger partial charge in [-0.05, 0) is 210 Å². The van der Waals surface area contributed by atoms with E-state index in [2.05, 4.69) is 40.5 Å². The van der Waals surface area contributed by atoms with Gasteiger partial charge in [-0.15, -0.1) is 0 Å². The zero-order chi connectivity index (χ0) is 101. The van der Waals surface area contributed by atoms with Gasteiger partial charge in [0, 0.05) is 70.0 Å². The normalized spacial score (nSPS) is 12.4. The molecule has 2 fully saturated rings. The highest BCUT2D eigenvalue weighted by atomic mass is 32.2. The minimum absolute atomic E-state index is 0.0237. The van der Waals surface area contributed by atoms with E-state index in [0.29, 0.717) is 71.8 Å². The highest BCUT2D eigenvalue weighted by Crippen LogP contribution is 2.43. The fraction of sp³-hybridized carbons (Fsp3) is 0.154. The maximum Gasteiger partial charge on any atom is 0.269 e. The van der Waals surface area contributed by atoms with Crippen molar-refractivity contribution in [3.63, 3.8) is 0 Å². The van der Waals surface area contributed by atoms with E-state index in [1.54, 1.807) is 160 Å². The van der Waals surface area contributed by atoms with Crippen molar-refractivity contribution in [3.8, 4) is 23.0 Å². The summed E-state index contributed by atoms with van der Waals surface area (Å²) < 4.78 is 139. The third kappa shape index (κ3) is 26.0. The number of hydrogen-bond acceptors (Lipinski definition) is 25. The molecule has 16 rings (SSSR count). The van der Waals surface area contributed by atoms with Crippen LogP contribution in [0.1, 0.15) is 77.4 Å². The van der Waals surface area contributed by atoms with Gasteiger partial charge in [0.15, 0.2) is 0 Å². The first-order chi connectivity index (χ1) is 67.8. The number of nitro groups is 2. The van der Waals surface area contributed by atoms with Crippen molar-refractivity contribution in [2.75, 3.05) is 108 Å². The number of non-ortho nitro benzene ring substituents is 2. The summed E-state index contributed by atoms with van der Waals surface area (Å²) in [5.74, 6) is -0.284. The maximum absolute atomic E-state index is 13.7. The van der Waals surface area contributed by atoms with E-state index in [-0.39, 0.29) is 86.4 Å². The van der Waals surface area contributed by atoms with Crippen LogP contribution in [0.5, 0.6) is 23.0 Å². The van der Waals surface area contributed by atoms with E-state index in [9.17, 15) is 73.1 Å². The van der Waals surface area contributed by atoms with Crippen LogP contribution in [0, 0.1) is 41.0 Å². The van der Waals surface area contributed by atoms with Gasteiger partial charge >= 0.3 is 0 Å². The number of rotatable bonds is 30. The highest BCUT2D eigenvalue weighted by Gasteiger charge is 2.34. The third-order valence-electron chi connectivity index (χ3n) is 22.1. The molecule has 141 heavy (non-hydrogen) atoms. The number of para-hydroxylation sites is 8. The molecule has 6 N–H and O–H groups in total. The van der Waals surface area contributed by atoms with E-state index in [0.717, 1.165) is 73.6 Å². The van der Waals surface area contributed by atoms with Gasteiger partial charge in [0.05, 0.1) is 149 Å². The van der Waals surface area contributed by atoms with Crippen molar-refractivity contribution in [2.45, 2.75) is 89.0 Å². The van der Waals surface area contributed by atoms with E-state index < -0.39 is 61.4 Å². The fourth-order valence-electron chi connectivity index (χ4n) is 15.0. The van der Waals surface area contributed by atoms with Crippen LogP contribution in [0.2, 0.25) is 0 Å². The third-order valence-corrected chi connectivity index (χ3v) is 30.6. The minimum Gasteiger partial charge on any atom is -0.495 e. The number of aryl methyl sites for hydroxylation is 3. The van der Waals surface area contributed by atoms with Crippen molar-refractivity contribution < 1.29 is 86.4 Å². The Balaban J connectivity index is 0.000000158. The quantitative estimate of drug-likeness (QED) is 0.0180. The monoisotopic (exact) mass is 2010 g/mol. The number of nitro benzene ring substituents is 2. The Bertz CT molecular complexity index is 7190. The molecular weight excluding hydrogens is 1920 g/mol. The van der Waals surface area contributed by atoms with Crippen LogP contribution in [-0.4, -0.2) is 135 Å². The maximum atomic E-state index is 13.7. The Kier molecular flexibility index (Phi) is 34.6. The summed E-state index contributed by atoms with van der Waals surface area (Å²) in [4.78, 5) is 82.3. The fourth-order valence-corrected chi connectivity index (χ4v) is 22.0. The SMILES string of the molecule is COc1ccccc1NC(=O)c1c(NS(=O)(=O)c2ccc(C)cc2)cccc1S(=O)(=O)c1ccc(C)cc1.COc1ccccc1NC(=O)c1c(NS(=O)(=O)c2ccccc2)cccc1S(=O)(=O)c1ccc(C)cc1.COc1ccccc1NC(=O)c1c(Sc2ccc([N+](=O)[O-])cc2)cccc1N1CCCCC1.COc1ccccc1NC(=O)c1c(Sc2ccc([N+](=O)[O-])cc2)cccc1N1CCOCC1. The number of benzene rings is 14. The molecule has 0 aromatic heterocycles. The Morgan fingerprint density at radius 1 is 0.319 bits per heavy atom. The van der Waals surface area contributed by atoms with Gasteiger partial charge in [-0.25, -0.2) is 33.7 Å². The lowest BCUT2D eigenvalue weighted by Crippen LogP contribution is -2.37. The van der Waals surface area contributed by atoms with Gasteiger partial charge in [0.2, 0.25) is 19.7 Å². The van der Waals surface area contributed by atoms with E-state index in [1.165, 1.54) is 153 Å². The molecule has 37 heteroatoms. The number of ether oxygens (including phenoxy) is 5. The molecule has 0 saturated carbocycles. The average molecular weight is 2020 g/mol. The number of methoxy groups -OCH3 is 4. The van der Waals surface area contributed by atoms with Gasteiger partial charge in [-0.3, -0.25) is 48.9 Å². The summed E-state index contributed by atoms with van der Waals surface area (Å²) in [5.41, 5.74) is 6.16. The molecule has 4 amide bonds. The van der Waals surface area contributed by atoms with Gasteiger partial charge in [0.1, 0.15) is 23.0 Å². The van der Waals surface area contributed by atoms with Crippen LogP contribution in [0.25, 0.3) is 0 Å². The molecule has 0 radical (unpaired) electrons. The molecule has 0 atom stereocenters. The molecular formula is C104H98N10O21S6. The Morgan fingerprint density at radius 2 is 0.610 bits per heavy atom. The average Bonchev–Trinajstić information content (AvgIpc) is 0.761. The van der Waals surface area contributed by atoms with Crippen LogP contribution >= 0.6 is 23.5 Å². The number of carbonyl (C=O) groups excluding carboxylic acids is 4. The smallest absolute Gasteiger partial charge is 0.269 e. The summed E-state index contributed by atoms with van der Waals surface area (Å²) >= 11 is 2.81. The molecule has 14 aromatic rings. The number of anilines is 8. The number of nitrogens with zero attached hydrogens (tertiary/aromatic N) is 4. The number of carbonyl (C=O) groups is 4. The van der Waals surface area contributed by atoms with Gasteiger partial charge < -0.3 is 54.8 Å². The number of hydrogen-bond donors (Lipinski definition) is 6. The molecule has 0 spiro atoms. The first-order valence-electron chi connectivity index (χ1n) is 43.8. The first-order valence-corrected chi connectivity index (χ1v) is 51.4. The summed E-state index contributed by atoms with van der Waals surface area (Å²) in [7, 11) is -10.7. The number of sulfonamides is 2. The second-order valence-electron chi connectivity index (χ2n) is 31.6. The predicted molar refractivity (Wildman–Crippen MR) is 546 cm³/mol. The zero-order valence-corrected chi connectivity index (χ0v) is 82.2. The second kappa shape index (κ2) is 47.3. The highest BCUT2D eigenvalue weighted by molar-refractivity contribution is 7.99. The van der Waals surface area contributed by atoms with Gasteiger partial charge in [-0.2, -0.15) is 0 Å². The molecule has 0 aliphatic carbocycles. The molecule has 2 aliphatic rings. The van der Waals surface area contributed by atoms with Crippen molar-refractivity contribution in [1.82, 2.24) is 0 Å². The Hall–Kier alpha value is -15.4. The van der Waals surface area contributed by atoms with Crippen molar-refractivity contribution in [1.29, 1.82) is 0 Å². The molecule has 0 bridgehead atoms. The lowest BCUT2D eigenvalue weighted by Gasteiger charge is -2.31. The number of morpholine rings is 1. The summed E-state index contributed by atoms with van der Waals surface area (Å²) in [5, 5.41) is 33.3. The number of piperidine rings is 1. The van der Waals surface area contributed by atoms with Gasteiger partial charge in [0.25, 0.3) is 55.1 Å². The minimum atomic E-state index is -4.21. The van der Waals surface area contributed by atoms with E-state index >= 15 is 0 Å². The largest absolute Gasteiger partial charge is 0.495 e. The van der Waals surface area contributed by atoms with Gasteiger partial charge in [-0.1, -0.05) is 168 Å². The molecule has 726 valence electrons. The molecule has 14 aromatic carbocycles. The topological polar surface area (TPSA) is 416 Å². The lowest BCUT2D eigenvalue weighted by atomic mass is 10.1. The number of amides is 4. The van der Waals surface area contributed by atoms with Crippen LogP contribution in [-0.2, 0) is 44.5 Å². The number of sulfone groups is 2. The van der Waals surface area contributed by atoms with Crippen LogP contribution in [0.4, 0.5) is 56.9 Å². The lowest BCUT2D eigenvalue weighted by molar-refractivity contribution is -0.385. The Morgan fingerprint density at radius 3 is 0.943 bits per heavy atom. The van der Waals surface area contributed by atoms with Crippen molar-refractivity contribution >= 4 is 144 Å². The molecule has 2 aliphatic heterocycles. The van der Waals surface area contributed by atoms with Crippen LogP contribution in [0.3, 0.4) is 0 Å². The Labute approximate surface area is 825 Å². The number of nitrogens with one attached hydrogen (secondary N) is 6. The summed E-state index contributed by atoms with van der Waals surface area (Å²) in [6, 6.07) is 86.0. The molecule has 31 nitrogen and oxygen atoms in total. The first kappa shape index (κ1) is 103. The molecule has 2 saturated heterocycles. The van der Waals surface area contributed by atoms with Crippen LogP contribution < -0.4 is 59.5 Å². The molecule has 0 unspecified atom stereocenters. The van der Waals surface area contributed by atoms with Crippen molar-refractivity contribution in [3.05, 3.63) is 381 Å². The van der Waals surface area contributed by atoms with E-state index in [1.807, 2.05) is 87.5 Å². The second-order valence-corrected chi connectivity index (χ2v) is 41.0. The standard InChI is InChI=1S/C28H26N2O6S2.C27H24N2O6S2.C25H25N3O4S.C24H23N3O5S/c1-19-11-15-21(16-12-19)37(32,33)26-10-6-8-24(30-38(34,35)22-17-13-20(2)14-18-22)27(26)28(31)29-23-7-4-5-9-25(23)36-3;1-19-15-17-20(18-16-19)36(31,32)25-14-8-12-23(29-37(33,34)21-9-4-3-5-10-21)26(25)27(30)28-22-11-6-7-13-24(22)35-2;1-32-22-10-4-3-8-20(22)26-25(29)24-21(27-16-5-2-6-17-27)9-7-11-23(24)33-19-14-12-18(13-15-19)28(30)31;1-31-21-7-3-2-5-19(21)25-24(28)23-20(26-13-15-32-16-14-26)6-4-8-22(23)33-18-11-9-17(10-12-18)27(29)30/h4-18,30H,1-3H3,(H,29,31);3-18,29H,1-2H3,(H,28,30);3-4,7-15H,2,5-6,16-17H2,1H3,(H,26,29);2-12H,13-16H2,1H3,(H,25,28). The van der Waals surface area contributed by atoms with Crippen LogP contribution in [0.15, 0.2) is 370 Å². The zero-order valence-electron chi connectivity index (χ0n) is 77.3. The molecule has 2 heterocycles. The van der Waals surface area contributed by atoms with Crippen molar-refractivity contribution in [2.24, 2.45) is 0 Å². The summed E-state index contributed by atoms with van der Waals surface area (Å²) in [6.45, 7) is 9.82. The van der Waals surface area contributed by atoms with E-state index in [4.69, 9.17) is 23.7 Å². The predicted octanol–water partition coefficient (Wildman–Crippen LogP) is 20.9.